The van der Waals surface area contributed by atoms with Gasteiger partial charge in [0, 0.05) is 23.9 Å². The fraction of sp³-hybridized carbons (Fsp3) is 0.643. The van der Waals surface area contributed by atoms with Crippen LogP contribution < -0.4 is 5.32 Å². The zero-order chi connectivity index (χ0) is 16.2. The summed E-state index contributed by atoms with van der Waals surface area (Å²) in [6.45, 7) is 10.2. The zero-order valence-electron chi connectivity index (χ0n) is 13.1. The second kappa shape index (κ2) is 6.89. The van der Waals surface area contributed by atoms with Gasteiger partial charge in [0.1, 0.15) is 0 Å². The van der Waals surface area contributed by atoms with Crippen LogP contribution in [0.25, 0.3) is 0 Å². The van der Waals surface area contributed by atoms with Crippen LogP contribution in [0.1, 0.15) is 40.3 Å². The molecule has 1 aromatic heterocycles. The largest absolute Gasteiger partial charge is 0.481 e. The lowest BCUT2D eigenvalue weighted by Gasteiger charge is -2.22. The number of anilines is 1. The van der Waals surface area contributed by atoms with Gasteiger partial charge in [0.2, 0.25) is 0 Å². The molecule has 2 N–H and O–H groups in total. The summed E-state index contributed by atoms with van der Waals surface area (Å²) >= 11 is 1.37. The summed E-state index contributed by atoms with van der Waals surface area (Å²) in [6.07, 6.45) is 0. The number of carboxylic acids is 1. The van der Waals surface area contributed by atoms with Crippen LogP contribution in [-0.4, -0.2) is 40.1 Å². The number of carbonyl (C=O) groups excluding carboxylic acids is 1. The van der Waals surface area contributed by atoms with Crippen molar-refractivity contribution in [2.45, 2.75) is 40.0 Å². The van der Waals surface area contributed by atoms with Crippen LogP contribution in [0.2, 0.25) is 0 Å². The van der Waals surface area contributed by atoms with Crippen LogP contribution in [0, 0.1) is 5.92 Å². The number of carbonyl (C=O) groups is 2. The van der Waals surface area contributed by atoms with E-state index in [9.17, 15) is 9.59 Å². The molecule has 0 aliphatic carbocycles. The van der Waals surface area contributed by atoms with Crippen molar-refractivity contribution in [1.82, 2.24) is 9.88 Å². The molecule has 118 valence electrons. The van der Waals surface area contributed by atoms with Gasteiger partial charge in [-0.1, -0.05) is 27.7 Å². The molecule has 6 nitrogen and oxygen atoms in total. The molecule has 7 heteroatoms. The Bertz CT molecular complexity index is 508. The number of hydrogen-bond acceptors (Lipinski definition) is 4. The number of hydrogen-bond donors (Lipinski definition) is 2. The van der Waals surface area contributed by atoms with E-state index in [0.717, 1.165) is 5.69 Å². The van der Waals surface area contributed by atoms with Gasteiger partial charge in [-0.05, 0) is 6.92 Å². The topological polar surface area (TPSA) is 82.5 Å². The fourth-order valence-corrected chi connectivity index (χ4v) is 2.54. The number of thiazole rings is 1. The van der Waals surface area contributed by atoms with E-state index in [1.54, 1.807) is 6.92 Å². The molecule has 0 saturated heterocycles. The third-order valence-corrected chi connectivity index (χ3v) is 3.83. The number of carboxylic acid groups (broad SMARTS) is 1. The SMILES string of the molecule is CCN(CC(C)C(=O)O)C(=O)Nc1nc(C(C)(C)C)cs1. The lowest BCUT2D eigenvalue weighted by molar-refractivity contribution is -0.141. The van der Waals surface area contributed by atoms with E-state index in [1.807, 2.05) is 12.3 Å². The van der Waals surface area contributed by atoms with Gasteiger partial charge in [0.05, 0.1) is 11.6 Å². The van der Waals surface area contributed by atoms with Crippen LogP contribution in [0.4, 0.5) is 9.93 Å². The zero-order valence-corrected chi connectivity index (χ0v) is 14.0. The number of aliphatic carboxylic acids is 1. The molecule has 0 saturated carbocycles. The molecule has 1 aromatic rings. The van der Waals surface area contributed by atoms with Crippen LogP contribution in [0.5, 0.6) is 0 Å². The maximum Gasteiger partial charge on any atom is 0.323 e. The Balaban J connectivity index is 2.70. The van der Waals surface area contributed by atoms with Gasteiger partial charge >= 0.3 is 12.0 Å². The van der Waals surface area contributed by atoms with Crippen molar-refractivity contribution in [3.63, 3.8) is 0 Å². The first-order valence-corrected chi connectivity index (χ1v) is 7.77. The van der Waals surface area contributed by atoms with Gasteiger partial charge in [-0.25, -0.2) is 9.78 Å². The number of rotatable bonds is 5. The van der Waals surface area contributed by atoms with E-state index >= 15 is 0 Å². The minimum atomic E-state index is -0.912. The number of nitrogens with one attached hydrogen (secondary N) is 1. The van der Waals surface area contributed by atoms with Crippen molar-refractivity contribution in [1.29, 1.82) is 0 Å². The molecule has 1 rings (SSSR count). The van der Waals surface area contributed by atoms with Crippen molar-refractivity contribution in [3.8, 4) is 0 Å². The van der Waals surface area contributed by atoms with E-state index in [1.165, 1.54) is 16.2 Å². The lowest BCUT2D eigenvalue weighted by atomic mass is 9.93. The third kappa shape index (κ3) is 5.00. The number of aromatic nitrogens is 1. The minimum Gasteiger partial charge on any atom is -0.481 e. The van der Waals surface area contributed by atoms with Crippen LogP contribution in [-0.2, 0) is 10.2 Å². The molecule has 0 fully saturated rings. The minimum absolute atomic E-state index is 0.0677. The van der Waals surface area contributed by atoms with E-state index < -0.39 is 11.9 Å². The Labute approximate surface area is 129 Å². The highest BCUT2D eigenvalue weighted by Crippen LogP contribution is 2.26. The molecular formula is C14H23N3O3S. The molecule has 1 unspecified atom stereocenters. The maximum atomic E-state index is 12.1. The Morgan fingerprint density at radius 1 is 1.48 bits per heavy atom. The van der Waals surface area contributed by atoms with Crippen LogP contribution in [0.3, 0.4) is 0 Å². The highest BCUT2D eigenvalue weighted by molar-refractivity contribution is 7.13. The molecule has 0 radical (unpaired) electrons. The van der Waals surface area contributed by atoms with Crippen molar-refractivity contribution in [2.75, 3.05) is 18.4 Å². The molecule has 21 heavy (non-hydrogen) atoms. The average Bonchev–Trinajstić information content (AvgIpc) is 2.83. The van der Waals surface area contributed by atoms with Crippen molar-refractivity contribution >= 4 is 28.5 Å². The summed E-state index contributed by atoms with van der Waals surface area (Å²) in [5.41, 5.74) is 0.853. The summed E-state index contributed by atoms with van der Waals surface area (Å²) in [5, 5.41) is 14.1. The van der Waals surface area contributed by atoms with Gasteiger partial charge in [0.15, 0.2) is 5.13 Å². The Hall–Kier alpha value is -1.63. The summed E-state index contributed by atoms with van der Waals surface area (Å²) in [5.74, 6) is -1.51. The van der Waals surface area contributed by atoms with Gasteiger partial charge in [0.25, 0.3) is 0 Å². The monoisotopic (exact) mass is 313 g/mol. The quantitative estimate of drug-likeness (QED) is 0.875. The summed E-state index contributed by atoms with van der Waals surface area (Å²) < 4.78 is 0. The number of nitrogens with zero attached hydrogens (tertiary/aromatic N) is 2. The van der Waals surface area contributed by atoms with Crippen LogP contribution >= 0.6 is 11.3 Å². The Morgan fingerprint density at radius 3 is 2.52 bits per heavy atom. The Morgan fingerprint density at radius 2 is 2.10 bits per heavy atom. The highest BCUT2D eigenvalue weighted by atomic mass is 32.1. The molecule has 0 aliphatic rings. The third-order valence-electron chi connectivity index (χ3n) is 3.07. The van der Waals surface area contributed by atoms with Gasteiger partial charge in [-0.2, -0.15) is 0 Å². The average molecular weight is 313 g/mol. The maximum absolute atomic E-state index is 12.1. The Kier molecular flexibility index (Phi) is 5.71. The molecule has 0 aromatic carbocycles. The first-order valence-electron chi connectivity index (χ1n) is 6.90. The molecule has 0 bridgehead atoms. The first kappa shape index (κ1) is 17.4. The fourth-order valence-electron chi connectivity index (χ4n) is 1.61. The van der Waals surface area contributed by atoms with E-state index in [-0.39, 0.29) is 18.0 Å². The predicted octanol–water partition coefficient (Wildman–Crippen LogP) is 3.02. The molecular weight excluding hydrogens is 290 g/mol. The van der Waals surface area contributed by atoms with Gasteiger partial charge in [-0.15, -0.1) is 11.3 Å². The van der Waals surface area contributed by atoms with Gasteiger partial charge < -0.3 is 10.0 Å². The highest BCUT2D eigenvalue weighted by Gasteiger charge is 2.21. The van der Waals surface area contributed by atoms with Crippen LogP contribution in [0.15, 0.2) is 5.38 Å². The summed E-state index contributed by atoms with van der Waals surface area (Å²) in [7, 11) is 0. The molecule has 1 heterocycles. The second-order valence-electron chi connectivity index (χ2n) is 6.00. The smallest absolute Gasteiger partial charge is 0.323 e. The van der Waals surface area contributed by atoms with Crippen molar-refractivity contribution < 1.29 is 14.7 Å². The second-order valence-corrected chi connectivity index (χ2v) is 6.85. The predicted molar refractivity (Wildman–Crippen MR) is 83.9 cm³/mol. The van der Waals surface area contributed by atoms with E-state index in [0.29, 0.717) is 11.7 Å². The standard InChI is InChI=1S/C14H23N3O3S/c1-6-17(7-9(2)11(18)19)13(20)16-12-15-10(8-21-12)14(3,4)5/h8-9H,6-7H2,1-5H3,(H,18,19)(H,15,16,20). The van der Waals surface area contributed by atoms with E-state index in [2.05, 4.69) is 31.1 Å². The lowest BCUT2D eigenvalue weighted by Crippen LogP contribution is -2.39. The first-order chi connectivity index (χ1) is 9.65. The number of urea groups is 1. The molecule has 2 amide bonds. The molecule has 0 aliphatic heterocycles. The molecule has 0 spiro atoms. The molecule has 1 atom stereocenters. The summed E-state index contributed by atoms with van der Waals surface area (Å²) in [4.78, 5) is 28.9. The normalized spacial score (nSPS) is 12.8. The summed E-state index contributed by atoms with van der Waals surface area (Å²) in [6, 6.07) is -0.319. The van der Waals surface area contributed by atoms with E-state index in [4.69, 9.17) is 5.11 Å². The number of amides is 2. The van der Waals surface area contributed by atoms with Crippen molar-refractivity contribution in [3.05, 3.63) is 11.1 Å². The van der Waals surface area contributed by atoms with Crippen molar-refractivity contribution in [2.24, 2.45) is 5.92 Å². The van der Waals surface area contributed by atoms with Gasteiger partial charge in [-0.3, -0.25) is 10.1 Å².